The molecule has 5 nitrogen and oxygen atoms in total. The normalized spacial score (nSPS) is 11.1. The van der Waals surface area contributed by atoms with E-state index in [4.69, 9.17) is 4.74 Å². The van der Waals surface area contributed by atoms with Gasteiger partial charge >= 0.3 is 18.1 Å². The third-order valence-corrected chi connectivity index (χ3v) is 3.56. The van der Waals surface area contributed by atoms with Gasteiger partial charge in [0.1, 0.15) is 4.88 Å². The lowest BCUT2D eigenvalue weighted by molar-refractivity contribution is -0.167. The van der Waals surface area contributed by atoms with Gasteiger partial charge in [-0.25, -0.2) is 9.78 Å². The lowest BCUT2D eigenvalue weighted by Crippen LogP contribution is -2.29. The first-order valence-electron chi connectivity index (χ1n) is 6.44. The van der Waals surface area contributed by atoms with Crippen molar-refractivity contribution in [1.29, 1.82) is 0 Å². The maximum atomic E-state index is 12.3. The van der Waals surface area contributed by atoms with Crippen molar-refractivity contribution >= 4 is 28.3 Å². The molecule has 122 valence electrons. The van der Waals surface area contributed by atoms with Crippen LogP contribution in [0.1, 0.15) is 16.6 Å². The van der Waals surface area contributed by atoms with E-state index < -0.39 is 18.1 Å². The highest BCUT2D eigenvalue weighted by molar-refractivity contribution is 7.18. The van der Waals surface area contributed by atoms with Crippen molar-refractivity contribution in [1.82, 2.24) is 4.98 Å². The van der Waals surface area contributed by atoms with Gasteiger partial charge < -0.3 is 4.74 Å². The Morgan fingerprint density at radius 1 is 1.26 bits per heavy atom. The van der Waals surface area contributed by atoms with Gasteiger partial charge in [0.25, 0.3) is 0 Å². The van der Waals surface area contributed by atoms with Gasteiger partial charge in [-0.3, -0.25) is 10.1 Å². The minimum Gasteiger partial charge on any atom is -0.462 e. The summed E-state index contributed by atoms with van der Waals surface area (Å²) in [7, 11) is 0. The molecule has 1 heterocycles. The summed E-state index contributed by atoms with van der Waals surface area (Å²) in [4.78, 5) is 26.9. The Labute approximate surface area is 133 Å². The van der Waals surface area contributed by atoms with Crippen LogP contribution in [0, 0.1) is 0 Å². The van der Waals surface area contributed by atoms with Crippen LogP contribution >= 0.6 is 11.3 Å². The van der Waals surface area contributed by atoms with Gasteiger partial charge in [0.05, 0.1) is 12.3 Å². The van der Waals surface area contributed by atoms with E-state index in [1.165, 1.54) is 0 Å². The van der Waals surface area contributed by atoms with E-state index in [0.29, 0.717) is 16.9 Å². The second-order valence-electron chi connectivity index (χ2n) is 4.24. The molecule has 1 aromatic heterocycles. The molecular formula is C14H11F3N2O3S. The Bertz CT molecular complexity index is 714. The molecule has 9 heteroatoms. The van der Waals surface area contributed by atoms with Crippen LogP contribution in [0.15, 0.2) is 30.3 Å². The Hall–Kier alpha value is -2.42. The van der Waals surface area contributed by atoms with Gasteiger partial charge in [0, 0.05) is 5.56 Å². The average molecular weight is 344 g/mol. The number of carbonyl (C=O) groups excluding carboxylic acids is 2. The van der Waals surface area contributed by atoms with E-state index in [1.54, 1.807) is 42.6 Å². The molecule has 1 amide bonds. The molecule has 0 saturated carbocycles. The van der Waals surface area contributed by atoms with Gasteiger partial charge in [-0.15, -0.1) is 0 Å². The number of nitrogens with one attached hydrogen (secondary N) is 1. The fourth-order valence-electron chi connectivity index (χ4n) is 1.67. The molecule has 1 aromatic carbocycles. The molecule has 0 aliphatic carbocycles. The van der Waals surface area contributed by atoms with Crippen molar-refractivity contribution in [2.45, 2.75) is 13.1 Å². The van der Waals surface area contributed by atoms with Crippen LogP contribution in [0.2, 0.25) is 0 Å². The summed E-state index contributed by atoms with van der Waals surface area (Å²) in [6.45, 7) is 1.71. The van der Waals surface area contributed by atoms with E-state index >= 15 is 0 Å². The van der Waals surface area contributed by atoms with Crippen molar-refractivity contribution in [3.05, 3.63) is 35.2 Å². The number of carbonyl (C=O) groups is 2. The zero-order valence-corrected chi connectivity index (χ0v) is 12.6. The molecule has 1 N–H and O–H groups in total. The number of anilines is 1. The average Bonchev–Trinajstić information content (AvgIpc) is 2.91. The molecule has 0 radical (unpaired) electrons. The third-order valence-electron chi connectivity index (χ3n) is 2.61. The summed E-state index contributed by atoms with van der Waals surface area (Å²) in [5, 5.41) is 1.32. The van der Waals surface area contributed by atoms with E-state index in [0.717, 1.165) is 0 Å². The smallest absolute Gasteiger partial charge is 0.462 e. The summed E-state index contributed by atoms with van der Waals surface area (Å²) in [6.07, 6.45) is -5.04. The lowest BCUT2D eigenvalue weighted by atomic mass is 10.1. The van der Waals surface area contributed by atoms with Gasteiger partial charge in [0.15, 0.2) is 5.13 Å². The summed E-state index contributed by atoms with van der Waals surface area (Å²) < 4.78 is 41.8. The van der Waals surface area contributed by atoms with E-state index in [2.05, 4.69) is 4.98 Å². The predicted octanol–water partition coefficient (Wildman–Crippen LogP) is 3.49. The first-order valence-corrected chi connectivity index (χ1v) is 7.26. The molecule has 0 aliphatic rings. The summed E-state index contributed by atoms with van der Waals surface area (Å²) in [5.41, 5.74) is 0.686. The third kappa shape index (κ3) is 4.07. The molecule has 23 heavy (non-hydrogen) atoms. The molecule has 0 unspecified atom stereocenters. The topological polar surface area (TPSA) is 68.3 Å². The number of ether oxygens (including phenoxy) is 1. The minimum atomic E-state index is -5.04. The maximum Gasteiger partial charge on any atom is 0.471 e. The number of thiazole rings is 1. The highest BCUT2D eigenvalue weighted by Gasteiger charge is 2.39. The summed E-state index contributed by atoms with van der Waals surface area (Å²) >= 11 is 0.629. The Balaban J connectivity index is 2.40. The van der Waals surface area contributed by atoms with Crippen LogP contribution < -0.4 is 5.32 Å². The Morgan fingerprint density at radius 3 is 2.48 bits per heavy atom. The molecular weight excluding hydrogens is 333 g/mol. The van der Waals surface area contributed by atoms with Gasteiger partial charge in [-0.2, -0.15) is 13.2 Å². The number of aromatic nitrogens is 1. The molecule has 0 fully saturated rings. The maximum absolute atomic E-state index is 12.3. The van der Waals surface area contributed by atoms with Crippen LogP contribution in [-0.2, 0) is 9.53 Å². The first kappa shape index (κ1) is 16.9. The largest absolute Gasteiger partial charge is 0.471 e. The summed E-state index contributed by atoms with van der Waals surface area (Å²) in [5.74, 6) is -2.86. The van der Waals surface area contributed by atoms with Crippen molar-refractivity contribution in [3.8, 4) is 11.3 Å². The SMILES string of the molecule is CCOC(=O)c1sc(NC(=O)C(F)(F)F)nc1-c1ccccc1. The second kappa shape index (κ2) is 6.78. The number of hydrogen-bond acceptors (Lipinski definition) is 5. The molecule has 0 saturated heterocycles. The zero-order valence-electron chi connectivity index (χ0n) is 11.8. The fourth-order valence-corrected chi connectivity index (χ4v) is 2.54. The second-order valence-corrected chi connectivity index (χ2v) is 5.23. The number of nitrogens with zero attached hydrogens (tertiary/aromatic N) is 1. The monoisotopic (exact) mass is 344 g/mol. The van der Waals surface area contributed by atoms with Gasteiger partial charge in [0.2, 0.25) is 0 Å². The van der Waals surface area contributed by atoms with Crippen LogP contribution in [-0.4, -0.2) is 29.6 Å². The highest BCUT2D eigenvalue weighted by atomic mass is 32.1. The quantitative estimate of drug-likeness (QED) is 0.862. The molecule has 2 rings (SSSR count). The van der Waals surface area contributed by atoms with Crippen molar-refractivity contribution in [3.63, 3.8) is 0 Å². The zero-order chi connectivity index (χ0) is 17.0. The van der Waals surface area contributed by atoms with E-state index in [-0.39, 0.29) is 22.3 Å². The van der Waals surface area contributed by atoms with Gasteiger partial charge in [-0.1, -0.05) is 41.7 Å². The number of halogens is 3. The van der Waals surface area contributed by atoms with E-state index in [1.807, 2.05) is 0 Å². The molecule has 0 bridgehead atoms. The van der Waals surface area contributed by atoms with Crippen LogP contribution in [0.4, 0.5) is 18.3 Å². The van der Waals surface area contributed by atoms with Crippen molar-refractivity contribution in [2.24, 2.45) is 0 Å². The predicted molar refractivity (Wildman–Crippen MR) is 78.2 cm³/mol. The Kier molecular flexibility index (Phi) is 4.99. The number of hydrogen-bond donors (Lipinski definition) is 1. The Morgan fingerprint density at radius 2 is 1.91 bits per heavy atom. The number of esters is 1. The van der Waals surface area contributed by atoms with Crippen LogP contribution in [0.25, 0.3) is 11.3 Å². The standard InChI is InChI=1S/C14H11F3N2O3S/c1-2-22-11(20)10-9(8-6-4-3-5-7-8)18-13(23-10)19-12(21)14(15,16)17/h3-7H,2H2,1H3,(H,18,19,21). The van der Waals surface area contributed by atoms with Crippen LogP contribution in [0.3, 0.4) is 0 Å². The number of benzene rings is 1. The minimum absolute atomic E-state index is 0.0236. The molecule has 0 spiro atoms. The first-order chi connectivity index (χ1) is 10.8. The van der Waals surface area contributed by atoms with Gasteiger partial charge in [-0.05, 0) is 6.92 Å². The summed E-state index contributed by atoms with van der Waals surface area (Å²) in [6, 6.07) is 8.42. The molecule has 2 aromatic rings. The number of rotatable bonds is 4. The van der Waals surface area contributed by atoms with Crippen molar-refractivity contribution < 1.29 is 27.5 Å². The van der Waals surface area contributed by atoms with Crippen LogP contribution in [0.5, 0.6) is 0 Å². The van der Waals surface area contributed by atoms with E-state index in [9.17, 15) is 22.8 Å². The fraction of sp³-hybridized carbons (Fsp3) is 0.214. The highest BCUT2D eigenvalue weighted by Crippen LogP contribution is 2.32. The molecule has 0 aliphatic heterocycles. The lowest BCUT2D eigenvalue weighted by Gasteiger charge is -2.04. The number of amides is 1. The number of alkyl halides is 3. The molecule has 0 atom stereocenters. The van der Waals surface area contributed by atoms with Crippen molar-refractivity contribution in [2.75, 3.05) is 11.9 Å².